The molecular formula is C13H13BrN4O. The number of rotatable bonds is 5. The third kappa shape index (κ3) is 4.99. The minimum Gasteiger partial charge on any atom is -0.322 e. The van der Waals surface area contributed by atoms with E-state index in [1.54, 1.807) is 6.07 Å². The highest BCUT2D eigenvalue weighted by molar-refractivity contribution is 9.10. The molecule has 5 nitrogen and oxygen atoms in total. The zero-order valence-corrected chi connectivity index (χ0v) is 11.9. The van der Waals surface area contributed by atoms with E-state index in [1.807, 2.05) is 30.3 Å². The number of nitrogens with one attached hydrogen (secondary N) is 1. The van der Waals surface area contributed by atoms with Crippen LogP contribution in [0, 0.1) is 22.7 Å². The van der Waals surface area contributed by atoms with Crippen molar-refractivity contribution in [2.24, 2.45) is 0 Å². The van der Waals surface area contributed by atoms with Crippen LogP contribution >= 0.6 is 15.9 Å². The molecule has 0 bridgehead atoms. The van der Waals surface area contributed by atoms with E-state index in [4.69, 9.17) is 10.5 Å². The zero-order chi connectivity index (χ0) is 14.1. The van der Waals surface area contributed by atoms with Crippen molar-refractivity contribution in [1.82, 2.24) is 4.90 Å². The van der Waals surface area contributed by atoms with Gasteiger partial charge in [-0.3, -0.25) is 0 Å². The van der Waals surface area contributed by atoms with E-state index in [-0.39, 0.29) is 18.9 Å². The molecule has 0 aliphatic rings. The van der Waals surface area contributed by atoms with E-state index < -0.39 is 0 Å². The molecule has 1 aromatic carbocycles. The summed E-state index contributed by atoms with van der Waals surface area (Å²) in [6, 6.07) is 10.9. The quantitative estimate of drug-likeness (QED) is 0.905. The molecule has 0 saturated heterocycles. The summed E-state index contributed by atoms with van der Waals surface area (Å²) in [6.07, 6.45) is 0.490. The number of anilines is 1. The Bertz CT molecular complexity index is 500. The van der Waals surface area contributed by atoms with Gasteiger partial charge in [-0.2, -0.15) is 10.5 Å². The third-order valence-corrected chi connectivity index (χ3v) is 3.08. The number of nitriles is 2. The molecule has 1 aromatic rings. The van der Waals surface area contributed by atoms with E-state index in [0.717, 1.165) is 4.47 Å². The standard InChI is InChI=1S/C13H13BrN4O/c14-11-5-1-2-6-12(11)17-13(19)18(9-3-7-15)10-4-8-16/h1-2,5-6H,3-4,9-10H2,(H,17,19). The fourth-order valence-corrected chi connectivity index (χ4v) is 1.83. The summed E-state index contributed by atoms with van der Waals surface area (Å²) in [5.41, 5.74) is 0.659. The predicted molar refractivity (Wildman–Crippen MR) is 75.2 cm³/mol. The van der Waals surface area contributed by atoms with Crippen molar-refractivity contribution in [2.45, 2.75) is 12.8 Å². The molecule has 0 aliphatic heterocycles. The molecule has 0 radical (unpaired) electrons. The maximum atomic E-state index is 12.1. The average Bonchev–Trinajstić information content (AvgIpc) is 2.41. The lowest BCUT2D eigenvalue weighted by Crippen LogP contribution is -2.36. The second-order valence-electron chi connectivity index (χ2n) is 3.71. The van der Waals surface area contributed by atoms with Crippen LogP contribution in [0.15, 0.2) is 28.7 Å². The van der Waals surface area contributed by atoms with Crippen molar-refractivity contribution in [2.75, 3.05) is 18.4 Å². The van der Waals surface area contributed by atoms with Crippen LogP contribution < -0.4 is 5.32 Å². The van der Waals surface area contributed by atoms with Gasteiger partial charge < -0.3 is 10.2 Å². The number of benzene rings is 1. The highest BCUT2D eigenvalue weighted by Gasteiger charge is 2.13. The van der Waals surface area contributed by atoms with Gasteiger partial charge in [0.1, 0.15) is 0 Å². The number of halogens is 1. The summed E-state index contributed by atoms with van der Waals surface area (Å²) in [6.45, 7) is 0.628. The van der Waals surface area contributed by atoms with Gasteiger partial charge in [0.2, 0.25) is 0 Å². The number of carbonyl (C=O) groups excluding carboxylic acids is 1. The molecule has 0 spiro atoms. The number of nitrogens with zero attached hydrogens (tertiary/aromatic N) is 3. The van der Waals surface area contributed by atoms with Crippen LogP contribution in [0.5, 0.6) is 0 Å². The van der Waals surface area contributed by atoms with Crippen LogP contribution in [0.2, 0.25) is 0 Å². The van der Waals surface area contributed by atoms with Gasteiger partial charge in [-0.15, -0.1) is 0 Å². The molecule has 2 amide bonds. The molecule has 0 atom stereocenters. The maximum Gasteiger partial charge on any atom is 0.321 e. The second-order valence-corrected chi connectivity index (χ2v) is 4.57. The Balaban J connectivity index is 2.69. The van der Waals surface area contributed by atoms with Gasteiger partial charge in [-0.05, 0) is 28.1 Å². The van der Waals surface area contributed by atoms with E-state index in [1.165, 1.54) is 4.90 Å². The molecule has 0 unspecified atom stereocenters. The Morgan fingerprint density at radius 3 is 2.32 bits per heavy atom. The summed E-state index contributed by atoms with van der Waals surface area (Å²) in [4.78, 5) is 13.5. The van der Waals surface area contributed by atoms with Gasteiger partial charge in [0.05, 0.1) is 30.7 Å². The van der Waals surface area contributed by atoms with Crippen LogP contribution in [0.1, 0.15) is 12.8 Å². The van der Waals surface area contributed by atoms with Crippen molar-refractivity contribution in [3.63, 3.8) is 0 Å². The number of carbonyl (C=O) groups is 1. The molecule has 0 fully saturated rings. The van der Waals surface area contributed by atoms with Gasteiger partial charge in [-0.25, -0.2) is 4.79 Å². The smallest absolute Gasteiger partial charge is 0.321 e. The topological polar surface area (TPSA) is 79.9 Å². The molecule has 1 N–H and O–H groups in total. The second kappa shape index (κ2) is 8.12. The van der Waals surface area contributed by atoms with Gasteiger partial charge >= 0.3 is 6.03 Å². The Morgan fingerprint density at radius 2 is 1.79 bits per heavy atom. The molecule has 98 valence electrons. The molecule has 6 heteroatoms. The summed E-state index contributed by atoms with van der Waals surface area (Å²) < 4.78 is 0.781. The summed E-state index contributed by atoms with van der Waals surface area (Å²) in [5.74, 6) is 0. The van der Waals surface area contributed by atoms with Gasteiger partial charge in [0.25, 0.3) is 0 Å². The van der Waals surface area contributed by atoms with Crippen molar-refractivity contribution in [3.05, 3.63) is 28.7 Å². The fraction of sp³-hybridized carbons (Fsp3) is 0.308. The number of hydrogen-bond donors (Lipinski definition) is 1. The van der Waals surface area contributed by atoms with Gasteiger partial charge in [0, 0.05) is 17.6 Å². The summed E-state index contributed by atoms with van der Waals surface area (Å²) in [7, 11) is 0. The minimum absolute atomic E-state index is 0.245. The molecule has 1 rings (SSSR count). The number of para-hydroxylation sites is 1. The lowest BCUT2D eigenvalue weighted by Gasteiger charge is -2.21. The Kier molecular flexibility index (Phi) is 6.42. The minimum atomic E-state index is -0.308. The average molecular weight is 321 g/mol. The van der Waals surface area contributed by atoms with Crippen molar-refractivity contribution >= 4 is 27.6 Å². The maximum absolute atomic E-state index is 12.1. The molecular weight excluding hydrogens is 308 g/mol. The first kappa shape index (κ1) is 15.0. The highest BCUT2D eigenvalue weighted by atomic mass is 79.9. The Labute approximate surface area is 120 Å². The fourth-order valence-electron chi connectivity index (χ4n) is 1.44. The Morgan fingerprint density at radius 1 is 1.21 bits per heavy atom. The summed E-state index contributed by atoms with van der Waals surface area (Å²) in [5, 5.41) is 19.9. The lowest BCUT2D eigenvalue weighted by molar-refractivity contribution is 0.214. The largest absolute Gasteiger partial charge is 0.322 e. The van der Waals surface area contributed by atoms with E-state index in [0.29, 0.717) is 18.8 Å². The van der Waals surface area contributed by atoms with E-state index in [9.17, 15) is 4.79 Å². The van der Waals surface area contributed by atoms with Crippen LogP contribution in [-0.2, 0) is 0 Å². The number of hydrogen-bond acceptors (Lipinski definition) is 3. The van der Waals surface area contributed by atoms with Crippen LogP contribution in [0.25, 0.3) is 0 Å². The monoisotopic (exact) mass is 320 g/mol. The molecule has 0 saturated carbocycles. The lowest BCUT2D eigenvalue weighted by atomic mass is 10.3. The van der Waals surface area contributed by atoms with Crippen LogP contribution in [-0.4, -0.2) is 24.0 Å². The number of amides is 2. The molecule has 19 heavy (non-hydrogen) atoms. The molecule has 0 heterocycles. The highest BCUT2D eigenvalue weighted by Crippen LogP contribution is 2.21. The predicted octanol–water partition coefficient (Wildman–Crippen LogP) is 3.11. The van der Waals surface area contributed by atoms with Crippen LogP contribution in [0.4, 0.5) is 10.5 Å². The zero-order valence-electron chi connectivity index (χ0n) is 10.3. The van der Waals surface area contributed by atoms with Gasteiger partial charge in [0.15, 0.2) is 0 Å². The first-order valence-corrected chi connectivity index (χ1v) is 6.52. The van der Waals surface area contributed by atoms with Crippen molar-refractivity contribution in [1.29, 1.82) is 10.5 Å². The summed E-state index contributed by atoms with van der Waals surface area (Å²) >= 11 is 3.34. The number of urea groups is 1. The first-order valence-electron chi connectivity index (χ1n) is 5.73. The van der Waals surface area contributed by atoms with Gasteiger partial charge in [-0.1, -0.05) is 12.1 Å². The molecule has 0 aliphatic carbocycles. The van der Waals surface area contributed by atoms with Crippen molar-refractivity contribution < 1.29 is 4.79 Å². The Hall–Kier alpha value is -2.05. The van der Waals surface area contributed by atoms with E-state index >= 15 is 0 Å². The first-order chi connectivity index (χ1) is 9.19. The SMILES string of the molecule is N#CCCN(CCC#N)C(=O)Nc1ccccc1Br. The van der Waals surface area contributed by atoms with Crippen molar-refractivity contribution in [3.8, 4) is 12.1 Å². The van der Waals surface area contributed by atoms with E-state index in [2.05, 4.69) is 21.2 Å². The van der Waals surface area contributed by atoms with Crippen LogP contribution in [0.3, 0.4) is 0 Å². The normalized spacial score (nSPS) is 9.21. The third-order valence-electron chi connectivity index (χ3n) is 2.39. The molecule has 0 aromatic heterocycles.